The Labute approximate surface area is 170 Å². The fourth-order valence-corrected chi connectivity index (χ4v) is 4.14. The number of hydrogen-bond donors (Lipinski definition) is 0. The van der Waals surface area contributed by atoms with Crippen LogP contribution in [0.15, 0.2) is 62.6 Å². The molecule has 2 aromatic carbocycles. The fraction of sp³-hybridized carbons (Fsp3) is 0.250. The summed E-state index contributed by atoms with van der Waals surface area (Å²) in [5, 5.41) is 8.30. The predicted molar refractivity (Wildman–Crippen MR) is 108 cm³/mol. The molecule has 0 saturated heterocycles. The van der Waals surface area contributed by atoms with Crippen LogP contribution in [0.2, 0.25) is 0 Å². The molecule has 1 amide bonds. The fourth-order valence-electron chi connectivity index (χ4n) is 3.11. The highest BCUT2D eigenvalue weighted by molar-refractivity contribution is 9.10. The van der Waals surface area contributed by atoms with Gasteiger partial charge in [-0.1, -0.05) is 52.0 Å². The van der Waals surface area contributed by atoms with Gasteiger partial charge in [0.2, 0.25) is 11.8 Å². The molecule has 5 nitrogen and oxygen atoms in total. The zero-order valence-electron chi connectivity index (χ0n) is 14.8. The van der Waals surface area contributed by atoms with Crippen LogP contribution in [0, 0.1) is 0 Å². The van der Waals surface area contributed by atoms with E-state index in [0.29, 0.717) is 17.7 Å². The van der Waals surface area contributed by atoms with Crippen LogP contribution < -0.4 is 0 Å². The third kappa shape index (κ3) is 4.09. The maximum absolute atomic E-state index is 12.8. The molecule has 2 heterocycles. The van der Waals surface area contributed by atoms with E-state index in [1.165, 1.54) is 22.9 Å². The van der Waals surface area contributed by atoms with Crippen molar-refractivity contribution in [2.45, 2.75) is 30.4 Å². The molecule has 1 aliphatic rings. The number of thioether (sulfide) groups is 1. The van der Waals surface area contributed by atoms with Crippen LogP contribution >= 0.6 is 27.7 Å². The van der Waals surface area contributed by atoms with E-state index in [-0.39, 0.29) is 11.2 Å². The average molecular weight is 444 g/mol. The van der Waals surface area contributed by atoms with Gasteiger partial charge < -0.3 is 9.32 Å². The van der Waals surface area contributed by atoms with E-state index in [1.807, 2.05) is 48.2 Å². The number of carbonyl (C=O) groups excluding carboxylic acids is 1. The van der Waals surface area contributed by atoms with Crippen molar-refractivity contribution in [2.75, 3.05) is 6.54 Å². The highest BCUT2D eigenvalue weighted by Gasteiger charge is 2.26. The lowest BCUT2D eigenvalue weighted by Crippen LogP contribution is -2.40. The van der Waals surface area contributed by atoms with Crippen LogP contribution in [-0.2, 0) is 17.8 Å². The van der Waals surface area contributed by atoms with Crippen LogP contribution in [0.4, 0.5) is 0 Å². The smallest absolute Gasteiger partial charge is 0.277 e. The van der Waals surface area contributed by atoms with Crippen LogP contribution in [-0.4, -0.2) is 32.8 Å². The molecule has 27 heavy (non-hydrogen) atoms. The van der Waals surface area contributed by atoms with Gasteiger partial charge in [0.1, 0.15) is 0 Å². The number of carbonyl (C=O) groups is 1. The molecule has 0 fully saturated rings. The number of rotatable bonds is 4. The summed E-state index contributed by atoms with van der Waals surface area (Å²) in [6.45, 7) is 3.29. The molecule has 1 aliphatic heterocycles. The molecule has 0 N–H and O–H groups in total. The van der Waals surface area contributed by atoms with Gasteiger partial charge in [0.25, 0.3) is 5.22 Å². The average Bonchev–Trinajstić information content (AvgIpc) is 3.16. The molecule has 0 bridgehead atoms. The third-order valence-corrected chi connectivity index (χ3v) is 6.02. The summed E-state index contributed by atoms with van der Waals surface area (Å²) in [7, 11) is 0. The van der Waals surface area contributed by atoms with Crippen LogP contribution in [0.25, 0.3) is 11.5 Å². The van der Waals surface area contributed by atoms with Crippen molar-refractivity contribution in [1.29, 1.82) is 0 Å². The summed E-state index contributed by atoms with van der Waals surface area (Å²) in [5.41, 5.74) is 3.41. The molecular weight excluding hydrogens is 426 g/mol. The first-order valence-electron chi connectivity index (χ1n) is 8.72. The van der Waals surface area contributed by atoms with Gasteiger partial charge in [0.15, 0.2) is 0 Å². The highest BCUT2D eigenvalue weighted by Crippen LogP contribution is 2.29. The second kappa shape index (κ2) is 7.86. The SMILES string of the molecule is CC(Sc1nnc(-c2ccc(Br)cc2)o1)C(=O)N1CCc2ccccc2C1. The number of halogens is 1. The topological polar surface area (TPSA) is 59.2 Å². The van der Waals surface area contributed by atoms with Crippen LogP contribution in [0.3, 0.4) is 0 Å². The van der Waals surface area contributed by atoms with E-state index in [9.17, 15) is 4.79 Å². The van der Waals surface area contributed by atoms with Crippen LogP contribution in [0.1, 0.15) is 18.1 Å². The van der Waals surface area contributed by atoms with Crippen LogP contribution in [0.5, 0.6) is 0 Å². The minimum Gasteiger partial charge on any atom is -0.411 e. The Balaban J connectivity index is 1.41. The number of amides is 1. The van der Waals surface area contributed by atoms with E-state index in [4.69, 9.17) is 4.42 Å². The number of aromatic nitrogens is 2. The van der Waals surface area contributed by atoms with Crippen molar-refractivity contribution in [2.24, 2.45) is 0 Å². The van der Waals surface area contributed by atoms with Crippen molar-refractivity contribution in [3.05, 3.63) is 64.1 Å². The van der Waals surface area contributed by atoms with Gasteiger partial charge in [0.05, 0.1) is 5.25 Å². The minimum atomic E-state index is -0.284. The summed E-state index contributed by atoms with van der Waals surface area (Å²) >= 11 is 4.71. The number of benzene rings is 2. The minimum absolute atomic E-state index is 0.0953. The summed E-state index contributed by atoms with van der Waals surface area (Å²) in [5.74, 6) is 0.550. The molecule has 7 heteroatoms. The van der Waals surface area contributed by atoms with Crippen molar-refractivity contribution in [3.63, 3.8) is 0 Å². The molecule has 0 spiro atoms. The molecule has 0 saturated carbocycles. The van der Waals surface area contributed by atoms with E-state index in [0.717, 1.165) is 23.0 Å². The molecular formula is C20H18BrN3O2S. The Morgan fingerprint density at radius 2 is 1.89 bits per heavy atom. The normalized spacial score (nSPS) is 14.7. The monoisotopic (exact) mass is 443 g/mol. The molecule has 3 aromatic rings. The zero-order valence-corrected chi connectivity index (χ0v) is 17.2. The summed E-state index contributed by atoms with van der Waals surface area (Å²) in [4.78, 5) is 14.7. The maximum atomic E-state index is 12.8. The van der Waals surface area contributed by atoms with Gasteiger partial charge in [-0.3, -0.25) is 4.79 Å². The quantitative estimate of drug-likeness (QED) is 0.552. The number of nitrogens with zero attached hydrogens (tertiary/aromatic N) is 3. The van der Waals surface area contributed by atoms with E-state index in [2.05, 4.69) is 38.3 Å². The highest BCUT2D eigenvalue weighted by atomic mass is 79.9. The Bertz CT molecular complexity index is 958. The first kappa shape index (κ1) is 18.3. The lowest BCUT2D eigenvalue weighted by Gasteiger charge is -2.30. The molecule has 1 atom stereocenters. The largest absolute Gasteiger partial charge is 0.411 e. The van der Waals surface area contributed by atoms with E-state index < -0.39 is 0 Å². The Morgan fingerprint density at radius 1 is 1.15 bits per heavy atom. The standard InChI is InChI=1S/C20H18BrN3O2S/c1-13(19(25)24-11-10-14-4-2-3-5-16(14)12-24)27-20-23-22-18(26-20)15-6-8-17(21)9-7-15/h2-9,13H,10-12H2,1H3. The molecule has 0 aliphatic carbocycles. The maximum Gasteiger partial charge on any atom is 0.277 e. The van der Waals surface area contributed by atoms with Crippen molar-refractivity contribution >= 4 is 33.6 Å². The third-order valence-electron chi connectivity index (χ3n) is 4.57. The van der Waals surface area contributed by atoms with E-state index >= 15 is 0 Å². The van der Waals surface area contributed by atoms with Crippen molar-refractivity contribution in [3.8, 4) is 11.5 Å². The summed E-state index contributed by atoms with van der Waals surface area (Å²) < 4.78 is 6.72. The number of hydrogen-bond acceptors (Lipinski definition) is 5. The predicted octanol–water partition coefficient (Wildman–Crippen LogP) is 4.56. The second-order valence-corrected chi connectivity index (χ2v) is 8.63. The van der Waals surface area contributed by atoms with Gasteiger partial charge >= 0.3 is 0 Å². The Morgan fingerprint density at radius 3 is 2.67 bits per heavy atom. The Hall–Kier alpha value is -2.12. The first-order chi connectivity index (χ1) is 13.1. The lowest BCUT2D eigenvalue weighted by atomic mass is 10.00. The second-order valence-electron chi connectivity index (χ2n) is 6.42. The van der Waals surface area contributed by atoms with Gasteiger partial charge in [-0.25, -0.2) is 0 Å². The van der Waals surface area contributed by atoms with E-state index in [1.54, 1.807) is 0 Å². The van der Waals surface area contributed by atoms with Gasteiger partial charge in [-0.15, -0.1) is 10.2 Å². The van der Waals surface area contributed by atoms with Gasteiger partial charge in [0, 0.05) is 23.1 Å². The summed E-state index contributed by atoms with van der Waals surface area (Å²) in [6, 6.07) is 16.0. The summed E-state index contributed by atoms with van der Waals surface area (Å²) in [6.07, 6.45) is 0.896. The number of fused-ring (bicyclic) bond motifs is 1. The molecule has 1 unspecified atom stereocenters. The molecule has 138 valence electrons. The molecule has 4 rings (SSSR count). The lowest BCUT2D eigenvalue weighted by molar-refractivity contribution is -0.131. The van der Waals surface area contributed by atoms with Gasteiger partial charge in [-0.2, -0.15) is 0 Å². The van der Waals surface area contributed by atoms with Crippen molar-refractivity contribution in [1.82, 2.24) is 15.1 Å². The first-order valence-corrected chi connectivity index (χ1v) is 10.4. The van der Waals surface area contributed by atoms with Gasteiger partial charge in [-0.05, 0) is 48.7 Å². The Kier molecular flexibility index (Phi) is 5.31. The zero-order chi connectivity index (χ0) is 18.8. The van der Waals surface area contributed by atoms with Crippen molar-refractivity contribution < 1.29 is 9.21 Å². The molecule has 0 radical (unpaired) electrons. The molecule has 1 aromatic heterocycles.